The van der Waals surface area contributed by atoms with Gasteiger partial charge in [0.1, 0.15) is 13.9 Å². The van der Waals surface area contributed by atoms with Crippen LogP contribution in [0.4, 0.5) is 17.1 Å². The molecule has 0 radical (unpaired) electrons. The van der Waals surface area contributed by atoms with Gasteiger partial charge in [-0.25, -0.2) is 4.98 Å². The lowest BCUT2D eigenvalue weighted by Crippen LogP contribution is -2.34. The highest BCUT2D eigenvalue weighted by molar-refractivity contribution is 6.88. The van der Waals surface area contributed by atoms with Gasteiger partial charge in [0.2, 0.25) is 0 Å². The summed E-state index contributed by atoms with van der Waals surface area (Å²) in [6.07, 6.45) is 4.85. The Bertz CT molecular complexity index is 2440. The lowest BCUT2D eigenvalue weighted by Gasteiger charge is -2.31. The van der Waals surface area contributed by atoms with E-state index in [-0.39, 0.29) is 10.8 Å². The van der Waals surface area contributed by atoms with Gasteiger partial charge in [0.15, 0.2) is 0 Å². The molecule has 0 spiro atoms. The normalized spacial score (nSPS) is 15.5. The van der Waals surface area contributed by atoms with Crippen LogP contribution in [0, 0.1) is 0 Å². The third-order valence-corrected chi connectivity index (χ3v) is 13.3. The first-order valence-corrected chi connectivity index (χ1v) is 18.6. The highest BCUT2D eigenvalue weighted by atomic mass is 28.2. The van der Waals surface area contributed by atoms with Crippen LogP contribution in [0.15, 0.2) is 127 Å². The molecule has 0 amide bonds. The van der Waals surface area contributed by atoms with Crippen LogP contribution in [0.1, 0.15) is 49.9 Å². The highest BCUT2D eigenvalue weighted by Gasteiger charge is 2.39. The summed E-state index contributed by atoms with van der Waals surface area (Å²) in [6, 6.07) is 47.2. The van der Waals surface area contributed by atoms with E-state index in [1.165, 1.54) is 72.4 Å². The number of hydrogen-bond donors (Lipinski definition) is 0. The molecule has 0 saturated carbocycles. The van der Waals surface area contributed by atoms with Gasteiger partial charge in [0.25, 0.3) is 0 Å². The van der Waals surface area contributed by atoms with Crippen molar-refractivity contribution in [2.24, 2.45) is 0 Å². The molecule has 0 unspecified atom stereocenters. The fourth-order valence-corrected chi connectivity index (χ4v) is 10.9. The van der Waals surface area contributed by atoms with Gasteiger partial charge in [-0.15, -0.1) is 6.17 Å². The minimum atomic E-state index is -1.41. The van der Waals surface area contributed by atoms with E-state index in [1.54, 1.807) is 0 Å². The third kappa shape index (κ3) is 3.48. The van der Waals surface area contributed by atoms with Crippen molar-refractivity contribution in [2.75, 3.05) is 4.90 Å². The number of para-hydroxylation sites is 2. The smallest absolute Gasteiger partial charge is 0.125 e. The molecule has 7 aromatic rings. The standard InChI is InChI=1S/C44H35N3Si/c1-43(2)33-15-8-6-13-29(33)31-23-21-27(25-35(31)43)46(28-22-24-32-30-14-7-9-16-34(30)44(3,4)36(32)26-28)39-19-12-20-40-41(39)48(5)42-45-37-17-10-11-18-38(37)47(40)42/h6-26H,5H2,1-4H3. The monoisotopic (exact) mass is 633 g/mol. The van der Waals surface area contributed by atoms with E-state index < -0.39 is 8.41 Å². The number of nitrogens with zero attached hydrogens (tertiary/aromatic N) is 3. The summed E-state index contributed by atoms with van der Waals surface area (Å²) < 4.78 is 2.36. The summed E-state index contributed by atoms with van der Waals surface area (Å²) in [5.74, 6) is 0. The van der Waals surface area contributed by atoms with Crippen LogP contribution in [-0.4, -0.2) is 24.1 Å². The molecule has 0 fully saturated rings. The van der Waals surface area contributed by atoms with Gasteiger partial charge in [-0.05, 0) is 93.0 Å². The molecule has 10 rings (SSSR count). The average Bonchev–Trinajstić information content (AvgIpc) is 3.77. The van der Waals surface area contributed by atoms with Crippen molar-refractivity contribution in [3.63, 3.8) is 0 Å². The Morgan fingerprint density at radius 3 is 1.75 bits per heavy atom. The minimum absolute atomic E-state index is 0.101. The Kier molecular flexibility index (Phi) is 5.43. The van der Waals surface area contributed by atoms with Crippen LogP contribution in [0.3, 0.4) is 0 Å². The topological polar surface area (TPSA) is 21.1 Å². The van der Waals surface area contributed by atoms with Gasteiger partial charge in [-0.3, -0.25) is 4.57 Å². The fourth-order valence-electron chi connectivity index (χ4n) is 8.88. The maximum Gasteiger partial charge on any atom is 0.125 e. The van der Waals surface area contributed by atoms with Gasteiger partial charge >= 0.3 is 0 Å². The zero-order valence-electron chi connectivity index (χ0n) is 27.7. The van der Waals surface area contributed by atoms with Crippen molar-refractivity contribution in [1.82, 2.24) is 9.55 Å². The number of imidazole rings is 1. The molecule has 1 aromatic heterocycles. The molecule has 2 aliphatic carbocycles. The molecule has 0 saturated heterocycles. The van der Waals surface area contributed by atoms with Gasteiger partial charge < -0.3 is 4.90 Å². The fraction of sp³-hybridized carbons (Fsp3) is 0.136. The Labute approximate surface area is 283 Å². The van der Waals surface area contributed by atoms with E-state index in [2.05, 4.69) is 165 Å². The van der Waals surface area contributed by atoms with Crippen LogP contribution in [0.2, 0.25) is 0 Å². The molecular formula is C44H35N3Si. The number of benzene rings is 6. The van der Waals surface area contributed by atoms with Gasteiger partial charge in [-0.2, -0.15) is 0 Å². The van der Waals surface area contributed by atoms with Crippen molar-refractivity contribution in [3.05, 3.63) is 150 Å². The number of anilines is 3. The molecular weight excluding hydrogens is 599 g/mol. The molecule has 4 heteroatoms. The summed E-state index contributed by atoms with van der Waals surface area (Å²) >= 11 is 0. The molecule has 0 bridgehead atoms. The summed E-state index contributed by atoms with van der Waals surface area (Å²) in [7, 11) is -1.41. The SMILES string of the molecule is C=[Si]1c2c(N(c3ccc4c(c3)C(C)(C)c3ccccc3-4)c3ccc4c(c3)C(C)(C)c3ccccc3-4)cccc2-n2c1nc1ccccc12. The number of fused-ring (bicyclic) bond motifs is 11. The second kappa shape index (κ2) is 9.39. The second-order valence-corrected chi connectivity index (χ2v) is 16.5. The Morgan fingerprint density at radius 2 is 1.12 bits per heavy atom. The van der Waals surface area contributed by atoms with Gasteiger partial charge in [0.05, 0.1) is 22.4 Å². The molecule has 0 N–H and O–H groups in total. The van der Waals surface area contributed by atoms with Crippen LogP contribution in [-0.2, 0) is 10.8 Å². The Balaban J connectivity index is 1.22. The molecule has 48 heavy (non-hydrogen) atoms. The van der Waals surface area contributed by atoms with Crippen molar-refractivity contribution in [3.8, 4) is 27.9 Å². The van der Waals surface area contributed by atoms with Crippen LogP contribution in [0.25, 0.3) is 39.0 Å². The van der Waals surface area contributed by atoms with Crippen LogP contribution >= 0.6 is 0 Å². The molecule has 230 valence electrons. The van der Waals surface area contributed by atoms with Crippen molar-refractivity contribution >= 4 is 53.3 Å². The number of aromatic nitrogens is 2. The zero-order valence-corrected chi connectivity index (χ0v) is 28.7. The Morgan fingerprint density at radius 1 is 0.583 bits per heavy atom. The minimum Gasteiger partial charge on any atom is -0.310 e. The number of hydrogen-bond acceptors (Lipinski definition) is 2. The van der Waals surface area contributed by atoms with Crippen molar-refractivity contribution in [1.29, 1.82) is 0 Å². The van der Waals surface area contributed by atoms with E-state index >= 15 is 0 Å². The lowest BCUT2D eigenvalue weighted by atomic mass is 9.82. The molecule has 0 atom stereocenters. The first kappa shape index (κ1) is 27.8. The highest BCUT2D eigenvalue weighted by Crippen LogP contribution is 2.53. The van der Waals surface area contributed by atoms with Crippen molar-refractivity contribution < 1.29 is 0 Å². The van der Waals surface area contributed by atoms with E-state index in [9.17, 15) is 0 Å². The zero-order chi connectivity index (χ0) is 32.5. The van der Waals surface area contributed by atoms with Crippen LogP contribution < -0.4 is 15.5 Å². The number of rotatable bonds is 3. The Hall–Kier alpha value is -5.32. The first-order valence-electron chi connectivity index (χ1n) is 16.8. The predicted molar refractivity (Wildman–Crippen MR) is 203 cm³/mol. The first-order chi connectivity index (χ1) is 23.2. The van der Waals surface area contributed by atoms with Gasteiger partial charge in [-0.1, -0.05) is 107 Å². The molecule has 3 nitrogen and oxygen atoms in total. The molecule has 3 aliphatic rings. The maximum atomic E-state index is 5.14. The summed E-state index contributed by atoms with van der Waals surface area (Å²) in [5, 5.41) is 1.31. The summed E-state index contributed by atoms with van der Waals surface area (Å²) in [6.45, 7) is 9.45. The van der Waals surface area contributed by atoms with E-state index in [1.807, 2.05) is 0 Å². The maximum absolute atomic E-state index is 5.14. The molecule has 1 aliphatic heterocycles. The summed E-state index contributed by atoms with van der Waals surface area (Å²) in [5.41, 5.74) is 18.7. The van der Waals surface area contributed by atoms with E-state index in [0.29, 0.717) is 0 Å². The van der Waals surface area contributed by atoms with Crippen molar-refractivity contribution in [2.45, 2.75) is 38.5 Å². The van der Waals surface area contributed by atoms with E-state index in [0.717, 1.165) is 16.5 Å². The lowest BCUT2D eigenvalue weighted by molar-refractivity contribution is 0.660. The van der Waals surface area contributed by atoms with Crippen LogP contribution in [0.5, 0.6) is 0 Å². The average molecular weight is 634 g/mol. The molecule has 6 aromatic carbocycles. The quantitative estimate of drug-likeness (QED) is 0.181. The van der Waals surface area contributed by atoms with E-state index in [4.69, 9.17) is 11.2 Å². The largest absolute Gasteiger partial charge is 0.310 e. The molecule has 2 heterocycles. The summed E-state index contributed by atoms with van der Waals surface area (Å²) in [4.78, 5) is 7.64. The second-order valence-electron chi connectivity index (χ2n) is 14.5. The van der Waals surface area contributed by atoms with Gasteiger partial charge in [0, 0.05) is 27.4 Å². The third-order valence-electron chi connectivity index (χ3n) is 11.3. The predicted octanol–water partition coefficient (Wildman–Crippen LogP) is 9.04.